The van der Waals surface area contributed by atoms with Gasteiger partial charge in [-0.3, -0.25) is 9.59 Å². The first-order valence-electron chi connectivity index (χ1n) is 6.75. The molecule has 2 fully saturated rings. The Morgan fingerprint density at radius 2 is 2.20 bits per heavy atom. The molecule has 1 aliphatic carbocycles. The molecular weight excluding hydrogens is 278 g/mol. The maximum Gasteiger partial charge on any atom is 0.308 e. The summed E-state index contributed by atoms with van der Waals surface area (Å²) < 4.78 is 0. The predicted molar refractivity (Wildman–Crippen MR) is 74.9 cm³/mol. The topological polar surface area (TPSA) is 82.5 Å². The molecule has 2 aliphatic rings. The normalized spacial score (nSPS) is 25.8. The molecule has 1 aromatic rings. The van der Waals surface area contributed by atoms with Crippen LogP contribution >= 0.6 is 11.3 Å². The van der Waals surface area contributed by atoms with E-state index in [1.807, 2.05) is 0 Å². The molecule has 2 heterocycles. The minimum atomic E-state index is -0.786. The van der Waals surface area contributed by atoms with Gasteiger partial charge in [-0.15, -0.1) is 11.3 Å². The Kier molecular flexibility index (Phi) is 3.37. The van der Waals surface area contributed by atoms with Crippen molar-refractivity contribution in [3.8, 4) is 0 Å². The van der Waals surface area contributed by atoms with Crippen molar-refractivity contribution in [3.05, 3.63) is 11.1 Å². The fourth-order valence-electron chi connectivity index (χ4n) is 2.91. The number of aliphatic carboxylic acids is 1. The van der Waals surface area contributed by atoms with Crippen LogP contribution < -0.4 is 5.32 Å². The van der Waals surface area contributed by atoms with Crippen molar-refractivity contribution < 1.29 is 14.7 Å². The lowest BCUT2D eigenvalue weighted by atomic mass is 9.92. The van der Waals surface area contributed by atoms with Crippen molar-refractivity contribution in [3.63, 3.8) is 0 Å². The monoisotopic (exact) mass is 295 g/mol. The van der Waals surface area contributed by atoms with Gasteiger partial charge in [-0.25, -0.2) is 4.98 Å². The number of rotatable bonds is 4. The molecule has 108 valence electrons. The van der Waals surface area contributed by atoms with Crippen LogP contribution in [0.15, 0.2) is 5.38 Å². The van der Waals surface area contributed by atoms with Gasteiger partial charge in [-0.05, 0) is 24.7 Å². The van der Waals surface area contributed by atoms with Gasteiger partial charge >= 0.3 is 5.97 Å². The average Bonchev–Trinajstić information content (AvgIpc) is 3.02. The third-order valence-electron chi connectivity index (χ3n) is 4.13. The number of hydrogen-bond acceptors (Lipinski definition) is 5. The fraction of sp³-hybridized carbons (Fsp3) is 0.615. The number of aromatic nitrogens is 1. The van der Waals surface area contributed by atoms with Crippen LogP contribution in [0, 0.1) is 17.8 Å². The minimum absolute atomic E-state index is 0.110. The third kappa shape index (κ3) is 2.37. The van der Waals surface area contributed by atoms with Crippen LogP contribution in [0.3, 0.4) is 0 Å². The van der Waals surface area contributed by atoms with E-state index in [9.17, 15) is 14.7 Å². The van der Waals surface area contributed by atoms with Crippen molar-refractivity contribution in [2.75, 3.05) is 25.5 Å². The Bertz CT molecular complexity index is 541. The molecule has 20 heavy (non-hydrogen) atoms. The molecule has 0 aromatic carbocycles. The first-order chi connectivity index (χ1) is 9.60. The summed E-state index contributed by atoms with van der Waals surface area (Å²) in [5.74, 6) is -0.770. The van der Waals surface area contributed by atoms with E-state index in [1.165, 1.54) is 11.3 Å². The summed E-state index contributed by atoms with van der Waals surface area (Å²) >= 11 is 1.38. The van der Waals surface area contributed by atoms with Crippen LogP contribution in [-0.4, -0.2) is 47.0 Å². The van der Waals surface area contributed by atoms with E-state index in [0.29, 0.717) is 29.8 Å². The number of amides is 1. The zero-order chi connectivity index (χ0) is 14.3. The molecular formula is C13H17N3O3S. The highest BCUT2D eigenvalue weighted by Crippen LogP contribution is 2.44. The number of nitrogens with one attached hydrogen (secondary N) is 1. The molecule has 0 spiro atoms. The van der Waals surface area contributed by atoms with Crippen LogP contribution in [0.2, 0.25) is 0 Å². The van der Waals surface area contributed by atoms with Crippen LogP contribution in [0.1, 0.15) is 23.3 Å². The van der Waals surface area contributed by atoms with Gasteiger partial charge < -0.3 is 15.3 Å². The van der Waals surface area contributed by atoms with E-state index < -0.39 is 11.9 Å². The Balaban J connectivity index is 1.74. The summed E-state index contributed by atoms with van der Waals surface area (Å²) in [7, 11) is 1.76. The molecule has 7 heteroatoms. The number of thiazole rings is 1. The highest BCUT2D eigenvalue weighted by molar-refractivity contribution is 7.13. The van der Waals surface area contributed by atoms with E-state index in [0.717, 1.165) is 12.8 Å². The fourth-order valence-corrected chi connectivity index (χ4v) is 3.55. The van der Waals surface area contributed by atoms with Crippen molar-refractivity contribution >= 4 is 28.3 Å². The smallest absolute Gasteiger partial charge is 0.308 e. The van der Waals surface area contributed by atoms with E-state index in [1.54, 1.807) is 17.3 Å². The molecule has 0 radical (unpaired) electrons. The highest BCUT2D eigenvalue weighted by atomic mass is 32.1. The van der Waals surface area contributed by atoms with Crippen LogP contribution in [0.4, 0.5) is 5.13 Å². The Morgan fingerprint density at radius 3 is 2.75 bits per heavy atom. The predicted octanol–water partition coefficient (Wildman–Crippen LogP) is 1.37. The molecule has 1 aliphatic heterocycles. The summed E-state index contributed by atoms with van der Waals surface area (Å²) in [5.41, 5.74) is 0.403. The largest absolute Gasteiger partial charge is 0.481 e. The maximum atomic E-state index is 12.4. The molecule has 1 saturated heterocycles. The highest BCUT2D eigenvalue weighted by Gasteiger charge is 2.47. The van der Waals surface area contributed by atoms with E-state index in [-0.39, 0.29) is 11.8 Å². The summed E-state index contributed by atoms with van der Waals surface area (Å²) in [6.45, 7) is 0.856. The number of carboxylic acids is 1. The molecule has 6 nitrogen and oxygen atoms in total. The molecule has 0 unspecified atom stereocenters. The number of likely N-dealkylation sites (tertiary alicyclic amines) is 1. The Hall–Kier alpha value is -1.63. The number of nitrogens with zero attached hydrogens (tertiary/aromatic N) is 2. The van der Waals surface area contributed by atoms with Gasteiger partial charge in [0.25, 0.3) is 5.91 Å². The Labute approximate surface area is 120 Å². The average molecular weight is 295 g/mol. The molecule has 3 rings (SSSR count). The second kappa shape index (κ2) is 5.05. The zero-order valence-corrected chi connectivity index (χ0v) is 12.0. The summed E-state index contributed by atoms with van der Waals surface area (Å²) in [6.07, 6.45) is 2.19. The summed E-state index contributed by atoms with van der Waals surface area (Å²) in [4.78, 5) is 29.6. The second-order valence-corrected chi connectivity index (χ2v) is 6.30. The first-order valence-corrected chi connectivity index (χ1v) is 7.63. The van der Waals surface area contributed by atoms with Crippen LogP contribution in [-0.2, 0) is 4.79 Å². The third-order valence-corrected chi connectivity index (χ3v) is 4.99. The molecule has 1 amide bonds. The van der Waals surface area contributed by atoms with Gasteiger partial charge in [0.1, 0.15) is 5.69 Å². The number of carbonyl (C=O) groups is 2. The molecule has 1 saturated carbocycles. The van der Waals surface area contributed by atoms with Gasteiger partial charge in [0.2, 0.25) is 0 Å². The number of anilines is 1. The van der Waals surface area contributed by atoms with Gasteiger partial charge in [0.05, 0.1) is 5.92 Å². The SMILES string of the molecule is CNc1nc(C(=O)N2C[C@@H](C(=O)O)[C@H](C3CC3)C2)cs1. The minimum Gasteiger partial charge on any atom is -0.481 e. The van der Waals surface area contributed by atoms with Gasteiger partial charge in [0, 0.05) is 25.5 Å². The maximum absolute atomic E-state index is 12.4. The number of carboxylic acid groups (broad SMARTS) is 1. The summed E-state index contributed by atoms with van der Waals surface area (Å²) in [5, 5.41) is 14.6. The zero-order valence-electron chi connectivity index (χ0n) is 11.2. The van der Waals surface area contributed by atoms with Gasteiger partial charge in [-0.2, -0.15) is 0 Å². The van der Waals surface area contributed by atoms with E-state index >= 15 is 0 Å². The molecule has 2 N–H and O–H groups in total. The quantitative estimate of drug-likeness (QED) is 0.876. The standard InChI is InChI=1S/C13H17N3O3S/c1-14-13-15-10(6-20-13)11(17)16-4-8(7-2-3-7)9(5-16)12(18)19/h6-9H,2-5H2,1H3,(H,14,15)(H,18,19)/t8-,9+/m0/s1. The van der Waals surface area contributed by atoms with Gasteiger partial charge in [-0.1, -0.05) is 0 Å². The van der Waals surface area contributed by atoms with Crippen molar-refractivity contribution in [1.82, 2.24) is 9.88 Å². The van der Waals surface area contributed by atoms with Gasteiger partial charge in [0.15, 0.2) is 5.13 Å². The molecule has 1 aromatic heterocycles. The lowest BCUT2D eigenvalue weighted by molar-refractivity contribution is -0.142. The first kappa shape index (κ1) is 13.4. The molecule has 2 atom stereocenters. The van der Waals surface area contributed by atoms with E-state index in [2.05, 4.69) is 10.3 Å². The number of hydrogen-bond donors (Lipinski definition) is 2. The lowest BCUT2D eigenvalue weighted by Gasteiger charge is -2.14. The molecule has 0 bridgehead atoms. The lowest BCUT2D eigenvalue weighted by Crippen LogP contribution is -2.30. The van der Waals surface area contributed by atoms with Crippen molar-refractivity contribution in [2.45, 2.75) is 12.8 Å². The van der Waals surface area contributed by atoms with Crippen LogP contribution in [0.25, 0.3) is 0 Å². The van der Waals surface area contributed by atoms with Crippen molar-refractivity contribution in [1.29, 1.82) is 0 Å². The van der Waals surface area contributed by atoms with E-state index in [4.69, 9.17) is 0 Å². The second-order valence-electron chi connectivity index (χ2n) is 5.44. The van der Waals surface area contributed by atoms with Crippen molar-refractivity contribution in [2.24, 2.45) is 17.8 Å². The summed E-state index contributed by atoms with van der Waals surface area (Å²) in [6, 6.07) is 0. The Morgan fingerprint density at radius 1 is 1.45 bits per heavy atom. The number of carbonyl (C=O) groups excluding carboxylic acids is 1. The van der Waals surface area contributed by atoms with Crippen LogP contribution in [0.5, 0.6) is 0 Å².